The number of ether oxygens (including phenoxy) is 2. The number of nitrogens with one attached hydrogen (secondary N) is 1. The number of fused-ring (bicyclic) bond motifs is 1. The maximum absolute atomic E-state index is 5.47. The molecule has 0 amide bonds. The molecule has 7 nitrogen and oxygen atoms in total. The van der Waals surface area contributed by atoms with Crippen LogP contribution in [0.2, 0.25) is 0 Å². The summed E-state index contributed by atoms with van der Waals surface area (Å²) in [6.45, 7) is 3.57. The van der Waals surface area contributed by atoms with Crippen molar-refractivity contribution in [3.05, 3.63) is 29.9 Å². The van der Waals surface area contributed by atoms with Crippen molar-refractivity contribution < 1.29 is 13.9 Å². The summed E-state index contributed by atoms with van der Waals surface area (Å²) in [6, 6.07) is 5.47. The molecule has 1 N–H and O–H groups in total. The number of aromatic nitrogens is 3. The fraction of sp³-hybridized carbons (Fsp3) is 0.267. The van der Waals surface area contributed by atoms with E-state index < -0.39 is 0 Å². The Morgan fingerprint density at radius 2 is 1.86 bits per heavy atom. The van der Waals surface area contributed by atoms with E-state index in [9.17, 15) is 0 Å². The number of nitrogens with zero attached hydrogens (tertiary/aromatic N) is 3. The Hall–Kier alpha value is -2.83. The van der Waals surface area contributed by atoms with Gasteiger partial charge in [0.15, 0.2) is 17.2 Å². The van der Waals surface area contributed by atoms with Crippen LogP contribution in [0.5, 0.6) is 11.5 Å². The molecular weight excluding hydrogens is 284 g/mol. The predicted octanol–water partition coefficient (Wildman–Crippen LogP) is 3.00. The molecule has 3 rings (SSSR count). The van der Waals surface area contributed by atoms with E-state index >= 15 is 0 Å². The van der Waals surface area contributed by atoms with Crippen LogP contribution in [0.25, 0.3) is 11.2 Å². The van der Waals surface area contributed by atoms with Crippen molar-refractivity contribution in [2.45, 2.75) is 13.8 Å². The molecule has 0 aliphatic rings. The SMILES string of the molecule is COc1ccc(OC)c(Nc2nc(C)nc3oc(C)nc23)c1. The number of hydrogen-bond donors (Lipinski definition) is 1. The van der Waals surface area contributed by atoms with Gasteiger partial charge in [-0.05, 0) is 19.1 Å². The first-order valence-electron chi connectivity index (χ1n) is 6.71. The van der Waals surface area contributed by atoms with Gasteiger partial charge in [0, 0.05) is 13.0 Å². The van der Waals surface area contributed by atoms with Gasteiger partial charge in [0.05, 0.1) is 19.9 Å². The average molecular weight is 300 g/mol. The van der Waals surface area contributed by atoms with Crippen LogP contribution in [0.4, 0.5) is 11.5 Å². The molecule has 0 aliphatic heterocycles. The summed E-state index contributed by atoms with van der Waals surface area (Å²) < 4.78 is 16.1. The van der Waals surface area contributed by atoms with Gasteiger partial charge in [0.1, 0.15) is 17.3 Å². The number of benzene rings is 1. The third-order valence-corrected chi connectivity index (χ3v) is 3.14. The maximum atomic E-state index is 5.47. The minimum absolute atomic E-state index is 0.453. The first-order chi connectivity index (χ1) is 10.6. The molecule has 0 unspecified atom stereocenters. The Morgan fingerprint density at radius 3 is 2.59 bits per heavy atom. The molecule has 0 aliphatic carbocycles. The second kappa shape index (κ2) is 5.51. The normalized spacial score (nSPS) is 10.7. The highest BCUT2D eigenvalue weighted by molar-refractivity contribution is 5.85. The Balaban J connectivity index is 2.09. The highest BCUT2D eigenvalue weighted by Crippen LogP contribution is 2.32. The van der Waals surface area contributed by atoms with Crippen LogP contribution in [0.3, 0.4) is 0 Å². The van der Waals surface area contributed by atoms with Gasteiger partial charge < -0.3 is 19.2 Å². The smallest absolute Gasteiger partial charge is 0.252 e. The Bertz CT molecular complexity index is 829. The van der Waals surface area contributed by atoms with Gasteiger partial charge in [0.2, 0.25) is 0 Å². The van der Waals surface area contributed by atoms with Crippen molar-refractivity contribution in [1.82, 2.24) is 15.0 Å². The minimum Gasteiger partial charge on any atom is -0.497 e. The number of anilines is 2. The monoisotopic (exact) mass is 300 g/mol. The van der Waals surface area contributed by atoms with Crippen molar-refractivity contribution in [2.75, 3.05) is 19.5 Å². The number of rotatable bonds is 4. The van der Waals surface area contributed by atoms with E-state index in [4.69, 9.17) is 13.9 Å². The first kappa shape index (κ1) is 14.1. The Morgan fingerprint density at radius 1 is 1.05 bits per heavy atom. The summed E-state index contributed by atoms with van der Waals surface area (Å²) in [4.78, 5) is 13.0. The maximum Gasteiger partial charge on any atom is 0.252 e. The third kappa shape index (κ3) is 2.52. The molecule has 0 saturated heterocycles. The quantitative estimate of drug-likeness (QED) is 0.793. The van der Waals surface area contributed by atoms with Crippen molar-refractivity contribution >= 4 is 22.7 Å². The van der Waals surface area contributed by atoms with Gasteiger partial charge in [-0.2, -0.15) is 4.98 Å². The standard InChI is InChI=1S/C15H16N4O3/c1-8-16-14(13-15(17-8)22-9(2)18-13)19-11-7-10(20-3)5-6-12(11)21-4/h5-7H,1-4H3,(H,16,17,19). The van der Waals surface area contributed by atoms with Crippen LogP contribution in [0, 0.1) is 13.8 Å². The summed E-state index contributed by atoms with van der Waals surface area (Å²) in [6.07, 6.45) is 0. The van der Waals surface area contributed by atoms with Crippen LogP contribution in [-0.2, 0) is 0 Å². The summed E-state index contributed by atoms with van der Waals surface area (Å²) in [7, 11) is 3.22. The van der Waals surface area contributed by atoms with Crippen molar-refractivity contribution in [3.63, 3.8) is 0 Å². The fourth-order valence-corrected chi connectivity index (χ4v) is 2.16. The van der Waals surface area contributed by atoms with Crippen molar-refractivity contribution in [3.8, 4) is 11.5 Å². The zero-order chi connectivity index (χ0) is 15.7. The number of aryl methyl sites for hydroxylation is 2. The van der Waals surface area contributed by atoms with Crippen LogP contribution >= 0.6 is 0 Å². The molecule has 0 saturated carbocycles. The number of hydrogen-bond acceptors (Lipinski definition) is 7. The van der Waals surface area contributed by atoms with Gasteiger partial charge >= 0.3 is 0 Å². The molecule has 3 aromatic rings. The lowest BCUT2D eigenvalue weighted by Gasteiger charge is -2.12. The third-order valence-electron chi connectivity index (χ3n) is 3.14. The second-order valence-electron chi connectivity index (χ2n) is 4.70. The number of oxazole rings is 1. The number of methoxy groups -OCH3 is 2. The van der Waals surface area contributed by atoms with Crippen LogP contribution in [0.1, 0.15) is 11.7 Å². The van der Waals surface area contributed by atoms with E-state index in [1.54, 1.807) is 28.1 Å². The van der Waals surface area contributed by atoms with Crippen molar-refractivity contribution in [1.29, 1.82) is 0 Å². The lowest BCUT2D eigenvalue weighted by molar-refractivity contribution is 0.405. The van der Waals surface area contributed by atoms with E-state index in [0.29, 0.717) is 40.3 Å². The predicted molar refractivity (Wildman–Crippen MR) is 81.9 cm³/mol. The average Bonchev–Trinajstić information content (AvgIpc) is 2.87. The highest BCUT2D eigenvalue weighted by atomic mass is 16.5. The van der Waals surface area contributed by atoms with E-state index in [-0.39, 0.29) is 0 Å². The van der Waals surface area contributed by atoms with E-state index in [0.717, 1.165) is 5.69 Å². The summed E-state index contributed by atoms with van der Waals surface area (Å²) >= 11 is 0. The zero-order valence-corrected chi connectivity index (χ0v) is 12.8. The molecule has 0 spiro atoms. The molecule has 7 heteroatoms. The van der Waals surface area contributed by atoms with E-state index in [1.165, 1.54) is 0 Å². The molecule has 22 heavy (non-hydrogen) atoms. The minimum atomic E-state index is 0.453. The Labute approximate surface area is 127 Å². The lowest BCUT2D eigenvalue weighted by Crippen LogP contribution is -2.00. The van der Waals surface area contributed by atoms with Crippen molar-refractivity contribution in [2.24, 2.45) is 0 Å². The molecule has 0 atom stereocenters. The molecule has 2 heterocycles. The summed E-state index contributed by atoms with van der Waals surface area (Å²) in [5.41, 5.74) is 1.75. The first-order valence-corrected chi connectivity index (χ1v) is 6.71. The van der Waals surface area contributed by atoms with Gasteiger partial charge in [0.25, 0.3) is 5.71 Å². The topological polar surface area (TPSA) is 82.3 Å². The van der Waals surface area contributed by atoms with Gasteiger partial charge in [-0.25, -0.2) is 9.97 Å². The van der Waals surface area contributed by atoms with E-state index in [2.05, 4.69) is 20.3 Å². The molecule has 0 bridgehead atoms. The van der Waals surface area contributed by atoms with Gasteiger partial charge in [-0.1, -0.05) is 0 Å². The second-order valence-corrected chi connectivity index (χ2v) is 4.70. The highest BCUT2D eigenvalue weighted by Gasteiger charge is 2.14. The van der Waals surface area contributed by atoms with Crippen LogP contribution in [-0.4, -0.2) is 29.2 Å². The molecule has 0 fully saturated rings. The van der Waals surface area contributed by atoms with Crippen LogP contribution < -0.4 is 14.8 Å². The Kier molecular flexibility index (Phi) is 3.54. The molecule has 1 aromatic carbocycles. The molecular formula is C15H16N4O3. The fourth-order valence-electron chi connectivity index (χ4n) is 2.16. The van der Waals surface area contributed by atoms with Gasteiger partial charge in [-0.3, -0.25) is 0 Å². The summed E-state index contributed by atoms with van der Waals surface area (Å²) in [5.74, 6) is 3.07. The van der Waals surface area contributed by atoms with E-state index in [1.807, 2.05) is 18.2 Å². The lowest BCUT2D eigenvalue weighted by atomic mass is 10.2. The zero-order valence-electron chi connectivity index (χ0n) is 12.8. The molecule has 2 aromatic heterocycles. The summed E-state index contributed by atoms with van der Waals surface area (Å²) in [5, 5.41) is 3.22. The van der Waals surface area contributed by atoms with Gasteiger partial charge in [-0.15, -0.1) is 0 Å². The largest absolute Gasteiger partial charge is 0.497 e. The molecule has 114 valence electrons. The van der Waals surface area contributed by atoms with Crippen LogP contribution in [0.15, 0.2) is 22.6 Å². The molecule has 0 radical (unpaired) electrons.